The molecule has 0 N–H and O–H groups in total. The molecule has 0 unspecified atom stereocenters. The van der Waals surface area contributed by atoms with E-state index < -0.39 is 10.7 Å². The van der Waals surface area contributed by atoms with Crippen LogP contribution in [-0.2, 0) is 0 Å². The Labute approximate surface area is 103 Å². The van der Waals surface area contributed by atoms with Gasteiger partial charge >= 0.3 is 5.69 Å². The van der Waals surface area contributed by atoms with E-state index in [2.05, 4.69) is 0 Å². The summed E-state index contributed by atoms with van der Waals surface area (Å²) in [5.74, 6) is -0.128. The SMILES string of the molecule is Cc1ccc([N+](=O)[O-])c(Oc2cccc(F)c2)c1. The van der Waals surface area contributed by atoms with E-state index in [1.54, 1.807) is 19.1 Å². The van der Waals surface area contributed by atoms with E-state index >= 15 is 0 Å². The summed E-state index contributed by atoms with van der Waals surface area (Å²) in [6, 6.07) is 9.99. The molecular weight excluding hydrogens is 237 g/mol. The summed E-state index contributed by atoms with van der Waals surface area (Å²) in [7, 11) is 0. The summed E-state index contributed by atoms with van der Waals surface area (Å²) in [5.41, 5.74) is 0.678. The van der Waals surface area contributed by atoms with Gasteiger partial charge in [-0.15, -0.1) is 0 Å². The highest BCUT2D eigenvalue weighted by Gasteiger charge is 2.15. The van der Waals surface area contributed by atoms with Crippen molar-refractivity contribution in [2.45, 2.75) is 6.92 Å². The molecule has 0 saturated carbocycles. The van der Waals surface area contributed by atoms with Crippen molar-refractivity contribution in [1.29, 1.82) is 0 Å². The van der Waals surface area contributed by atoms with Gasteiger partial charge in [0, 0.05) is 12.1 Å². The number of aryl methyl sites for hydroxylation is 1. The number of halogens is 1. The monoisotopic (exact) mass is 247 g/mol. The van der Waals surface area contributed by atoms with Crippen LogP contribution in [0.5, 0.6) is 11.5 Å². The zero-order valence-electron chi connectivity index (χ0n) is 9.59. The zero-order valence-corrected chi connectivity index (χ0v) is 9.59. The van der Waals surface area contributed by atoms with Gasteiger partial charge < -0.3 is 4.74 Å². The van der Waals surface area contributed by atoms with Gasteiger partial charge in [-0.25, -0.2) is 4.39 Å². The van der Waals surface area contributed by atoms with Gasteiger partial charge in [-0.3, -0.25) is 10.1 Å². The van der Waals surface area contributed by atoms with Gasteiger partial charge in [0.2, 0.25) is 5.75 Å². The number of nitro benzene ring substituents is 1. The lowest BCUT2D eigenvalue weighted by atomic mass is 10.2. The van der Waals surface area contributed by atoms with Gasteiger partial charge in [0.05, 0.1) is 4.92 Å². The third-order valence-electron chi connectivity index (χ3n) is 2.34. The molecule has 4 nitrogen and oxygen atoms in total. The second-order valence-corrected chi connectivity index (χ2v) is 3.79. The first-order chi connectivity index (χ1) is 8.56. The average molecular weight is 247 g/mol. The Morgan fingerprint density at radius 2 is 2.00 bits per heavy atom. The predicted molar refractivity (Wildman–Crippen MR) is 64.3 cm³/mol. The summed E-state index contributed by atoms with van der Waals surface area (Å²) in [5, 5.41) is 10.8. The molecule has 5 heteroatoms. The predicted octanol–water partition coefficient (Wildman–Crippen LogP) is 3.83. The van der Waals surface area contributed by atoms with Crippen molar-refractivity contribution in [3.05, 3.63) is 64.0 Å². The minimum atomic E-state index is -0.534. The van der Waals surface area contributed by atoms with Crippen molar-refractivity contribution in [3.63, 3.8) is 0 Å². The molecule has 0 fully saturated rings. The third-order valence-corrected chi connectivity index (χ3v) is 2.34. The maximum Gasteiger partial charge on any atom is 0.311 e. The highest BCUT2D eigenvalue weighted by atomic mass is 19.1. The van der Waals surface area contributed by atoms with Crippen LogP contribution in [0.3, 0.4) is 0 Å². The first-order valence-electron chi connectivity index (χ1n) is 5.25. The van der Waals surface area contributed by atoms with Crippen LogP contribution in [0.25, 0.3) is 0 Å². The topological polar surface area (TPSA) is 52.4 Å². The minimum absolute atomic E-state index is 0.102. The highest BCUT2D eigenvalue weighted by molar-refractivity contribution is 5.50. The van der Waals surface area contributed by atoms with Crippen molar-refractivity contribution < 1.29 is 14.1 Å². The fraction of sp³-hybridized carbons (Fsp3) is 0.0769. The second kappa shape index (κ2) is 4.83. The molecule has 0 spiro atoms. The molecule has 0 aromatic heterocycles. The lowest BCUT2D eigenvalue weighted by molar-refractivity contribution is -0.385. The van der Waals surface area contributed by atoms with Gasteiger partial charge in [-0.2, -0.15) is 0 Å². The molecule has 0 aliphatic rings. The molecule has 0 aliphatic heterocycles. The standard InChI is InChI=1S/C13H10FNO3/c1-9-5-6-12(15(16)17)13(7-9)18-11-4-2-3-10(14)8-11/h2-8H,1H3. The third kappa shape index (κ3) is 2.63. The Morgan fingerprint density at radius 1 is 1.22 bits per heavy atom. The van der Waals surface area contributed by atoms with Crippen LogP contribution in [0.15, 0.2) is 42.5 Å². The quantitative estimate of drug-likeness (QED) is 0.611. The largest absolute Gasteiger partial charge is 0.450 e. The molecule has 0 saturated heterocycles. The molecule has 92 valence electrons. The summed E-state index contributed by atoms with van der Waals surface area (Å²) in [6.45, 7) is 1.79. The summed E-state index contributed by atoms with van der Waals surface area (Å²) >= 11 is 0. The highest BCUT2D eigenvalue weighted by Crippen LogP contribution is 2.32. The molecule has 18 heavy (non-hydrogen) atoms. The number of rotatable bonds is 3. The van der Waals surface area contributed by atoms with Crippen LogP contribution < -0.4 is 4.74 Å². The first kappa shape index (κ1) is 12.0. The average Bonchev–Trinajstić information content (AvgIpc) is 2.28. The molecule has 0 amide bonds. The molecule has 0 radical (unpaired) electrons. The van der Waals surface area contributed by atoms with E-state index in [0.29, 0.717) is 0 Å². The van der Waals surface area contributed by atoms with Crippen LogP contribution in [0.1, 0.15) is 5.56 Å². The maximum absolute atomic E-state index is 13.0. The van der Waals surface area contributed by atoms with E-state index in [1.165, 1.54) is 30.3 Å². The fourth-order valence-corrected chi connectivity index (χ4v) is 1.51. The number of benzene rings is 2. The second-order valence-electron chi connectivity index (χ2n) is 3.79. The van der Waals surface area contributed by atoms with E-state index in [0.717, 1.165) is 5.56 Å². The Balaban J connectivity index is 2.39. The van der Waals surface area contributed by atoms with Crippen LogP contribution in [0, 0.1) is 22.9 Å². The van der Waals surface area contributed by atoms with Crippen molar-refractivity contribution >= 4 is 5.69 Å². The van der Waals surface area contributed by atoms with E-state index in [4.69, 9.17) is 4.74 Å². The van der Waals surface area contributed by atoms with Crippen LogP contribution >= 0.6 is 0 Å². The normalized spacial score (nSPS) is 10.1. The molecule has 0 heterocycles. The summed E-state index contributed by atoms with van der Waals surface area (Å²) < 4.78 is 18.3. The van der Waals surface area contributed by atoms with Crippen LogP contribution in [0.2, 0.25) is 0 Å². The summed E-state index contributed by atoms with van der Waals surface area (Å²) in [6.07, 6.45) is 0. The van der Waals surface area contributed by atoms with Crippen molar-refractivity contribution in [2.75, 3.05) is 0 Å². The molecular formula is C13H10FNO3. The van der Waals surface area contributed by atoms with E-state index in [-0.39, 0.29) is 17.2 Å². The molecule has 2 rings (SSSR count). The van der Waals surface area contributed by atoms with Gasteiger partial charge in [0.1, 0.15) is 11.6 Å². The number of hydrogen-bond acceptors (Lipinski definition) is 3. The molecule has 0 aliphatic carbocycles. The fourth-order valence-electron chi connectivity index (χ4n) is 1.51. The first-order valence-corrected chi connectivity index (χ1v) is 5.25. The minimum Gasteiger partial charge on any atom is -0.450 e. The van der Waals surface area contributed by atoms with E-state index in [1.807, 2.05) is 0 Å². The van der Waals surface area contributed by atoms with Crippen molar-refractivity contribution in [1.82, 2.24) is 0 Å². The lowest BCUT2D eigenvalue weighted by Gasteiger charge is -2.07. The van der Waals surface area contributed by atoms with Crippen molar-refractivity contribution in [2.24, 2.45) is 0 Å². The number of nitro groups is 1. The van der Waals surface area contributed by atoms with Crippen LogP contribution in [-0.4, -0.2) is 4.92 Å². The molecule has 2 aromatic rings. The zero-order chi connectivity index (χ0) is 13.1. The summed E-state index contributed by atoms with van der Waals surface area (Å²) in [4.78, 5) is 10.3. The molecule has 2 aromatic carbocycles. The smallest absolute Gasteiger partial charge is 0.311 e. The molecule has 0 bridgehead atoms. The van der Waals surface area contributed by atoms with Gasteiger partial charge in [-0.1, -0.05) is 12.1 Å². The number of nitrogens with zero attached hydrogens (tertiary/aromatic N) is 1. The Bertz CT molecular complexity index is 599. The van der Waals surface area contributed by atoms with Gasteiger partial charge in [0.15, 0.2) is 0 Å². The van der Waals surface area contributed by atoms with Gasteiger partial charge in [0.25, 0.3) is 0 Å². The Hall–Kier alpha value is -2.43. The van der Waals surface area contributed by atoms with E-state index in [9.17, 15) is 14.5 Å². The number of hydrogen-bond donors (Lipinski definition) is 0. The van der Waals surface area contributed by atoms with Crippen LogP contribution in [0.4, 0.5) is 10.1 Å². The maximum atomic E-state index is 13.0. The Morgan fingerprint density at radius 3 is 2.67 bits per heavy atom. The van der Waals surface area contributed by atoms with Gasteiger partial charge in [-0.05, 0) is 30.7 Å². The Kier molecular flexibility index (Phi) is 3.23. The number of ether oxygens (including phenoxy) is 1. The lowest BCUT2D eigenvalue weighted by Crippen LogP contribution is -1.94. The molecule has 0 atom stereocenters. The van der Waals surface area contributed by atoms with Crippen molar-refractivity contribution in [3.8, 4) is 11.5 Å².